The average Bonchev–Trinajstić information content (AvgIpc) is 2.93. The Labute approximate surface area is 146 Å². The van der Waals surface area contributed by atoms with E-state index < -0.39 is 0 Å². The molecule has 0 amide bonds. The number of ether oxygens (including phenoxy) is 1. The van der Waals surface area contributed by atoms with E-state index in [1.54, 1.807) is 0 Å². The van der Waals surface area contributed by atoms with Crippen LogP contribution in [-0.4, -0.2) is 27.2 Å². The molecule has 0 unspecified atom stereocenters. The second-order valence-corrected chi connectivity index (χ2v) is 6.79. The molecular formula is C19H22N4O2. The predicted octanol–water partition coefficient (Wildman–Crippen LogP) is 3.25. The largest absolute Gasteiger partial charge is 0.494 e. The van der Waals surface area contributed by atoms with Gasteiger partial charge in [-0.3, -0.25) is 4.79 Å². The molecule has 130 valence electrons. The Hall–Kier alpha value is -2.63. The van der Waals surface area contributed by atoms with Gasteiger partial charge in [-0.15, -0.1) is 0 Å². The normalized spacial score (nSPS) is 22.3. The van der Waals surface area contributed by atoms with Gasteiger partial charge in [-0.05, 0) is 43.9 Å². The number of ketones is 1. The highest BCUT2D eigenvalue weighted by atomic mass is 16.5. The highest BCUT2D eigenvalue weighted by Crippen LogP contribution is 2.41. The molecule has 1 aromatic heterocycles. The van der Waals surface area contributed by atoms with Crippen molar-refractivity contribution in [2.45, 2.75) is 39.7 Å². The van der Waals surface area contributed by atoms with E-state index in [-0.39, 0.29) is 11.8 Å². The summed E-state index contributed by atoms with van der Waals surface area (Å²) in [5.74, 6) is 2.76. The van der Waals surface area contributed by atoms with Crippen molar-refractivity contribution in [3.8, 4) is 5.75 Å². The smallest absolute Gasteiger partial charge is 0.226 e. The minimum Gasteiger partial charge on any atom is -0.494 e. The molecule has 0 bridgehead atoms. The van der Waals surface area contributed by atoms with E-state index in [0.29, 0.717) is 30.7 Å². The number of aryl methyl sites for hydroxylation is 1. The van der Waals surface area contributed by atoms with E-state index in [9.17, 15) is 4.79 Å². The SMILES string of the molecule is CCOc1ccc([C@@H]2C3=C(C[C@@H](C)CC3=O)Nc3nc(C)nn32)cc1. The van der Waals surface area contributed by atoms with Gasteiger partial charge in [0.25, 0.3) is 0 Å². The number of anilines is 1. The summed E-state index contributed by atoms with van der Waals surface area (Å²) in [5.41, 5.74) is 2.83. The monoisotopic (exact) mass is 338 g/mol. The predicted molar refractivity (Wildman–Crippen MR) is 94.6 cm³/mol. The molecule has 0 radical (unpaired) electrons. The summed E-state index contributed by atoms with van der Waals surface area (Å²) in [7, 11) is 0. The average molecular weight is 338 g/mol. The lowest BCUT2D eigenvalue weighted by atomic mass is 9.81. The molecule has 1 aliphatic carbocycles. The Bertz CT molecular complexity index is 851. The van der Waals surface area contributed by atoms with Crippen molar-refractivity contribution in [1.82, 2.24) is 14.8 Å². The summed E-state index contributed by atoms with van der Waals surface area (Å²) in [6.45, 7) is 6.57. The van der Waals surface area contributed by atoms with Gasteiger partial charge < -0.3 is 10.1 Å². The minimum absolute atomic E-state index is 0.193. The maximum atomic E-state index is 12.8. The third kappa shape index (κ3) is 2.71. The van der Waals surface area contributed by atoms with Crippen LogP contribution in [0.1, 0.15) is 44.1 Å². The Balaban J connectivity index is 1.83. The first-order valence-electron chi connectivity index (χ1n) is 8.76. The highest BCUT2D eigenvalue weighted by molar-refractivity contribution is 5.99. The van der Waals surface area contributed by atoms with E-state index >= 15 is 0 Å². The van der Waals surface area contributed by atoms with Crippen LogP contribution in [0.4, 0.5) is 5.95 Å². The van der Waals surface area contributed by atoms with Crippen LogP contribution in [0.15, 0.2) is 35.5 Å². The van der Waals surface area contributed by atoms with Crippen molar-refractivity contribution in [3.63, 3.8) is 0 Å². The summed E-state index contributed by atoms with van der Waals surface area (Å²) < 4.78 is 7.37. The van der Waals surface area contributed by atoms with Crippen LogP contribution in [0.2, 0.25) is 0 Å². The Morgan fingerprint density at radius 3 is 2.76 bits per heavy atom. The quantitative estimate of drug-likeness (QED) is 0.930. The molecule has 0 spiro atoms. The maximum absolute atomic E-state index is 12.8. The number of hydrogen-bond donors (Lipinski definition) is 1. The number of carbonyl (C=O) groups excluding carboxylic acids is 1. The third-order valence-electron chi connectivity index (χ3n) is 4.74. The van der Waals surface area contributed by atoms with Gasteiger partial charge in [0.1, 0.15) is 17.6 Å². The fourth-order valence-electron chi connectivity index (χ4n) is 3.73. The van der Waals surface area contributed by atoms with E-state index in [1.807, 2.05) is 42.8 Å². The Kier molecular flexibility index (Phi) is 3.82. The van der Waals surface area contributed by atoms with Crippen LogP contribution < -0.4 is 10.1 Å². The van der Waals surface area contributed by atoms with Crippen LogP contribution in [0, 0.1) is 12.8 Å². The number of fused-ring (bicyclic) bond motifs is 1. The van der Waals surface area contributed by atoms with Gasteiger partial charge in [-0.25, -0.2) is 4.68 Å². The molecule has 1 aromatic carbocycles. The molecular weight excluding hydrogens is 316 g/mol. The summed E-state index contributed by atoms with van der Waals surface area (Å²) in [4.78, 5) is 17.3. The molecule has 1 aliphatic heterocycles. The topological polar surface area (TPSA) is 69.0 Å². The molecule has 2 atom stereocenters. The number of allylic oxidation sites excluding steroid dienone is 2. The van der Waals surface area contributed by atoms with Crippen molar-refractivity contribution >= 4 is 11.7 Å². The Morgan fingerprint density at radius 2 is 2.04 bits per heavy atom. The zero-order valence-electron chi connectivity index (χ0n) is 14.7. The van der Waals surface area contributed by atoms with Crippen molar-refractivity contribution in [2.24, 2.45) is 5.92 Å². The fourth-order valence-corrected chi connectivity index (χ4v) is 3.73. The molecule has 0 saturated heterocycles. The number of aromatic nitrogens is 3. The molecule has 2 heterocycles. The molecule has 2 aromatic rings. The van der Waals surface area contributed by atoms with Gasteiger partial charge in [0, 0.05) is 17.7 Å². The minimum atomic E-state index is -0.233. The maximum Gasteiger partial charge on any atom is 0.226 e. The standard InChI is InChI=1S/C19H22N4O2/c1-4-25-14-7-5-13(6-8-14)18-17-15(9-11(2)10-16(17)24)21-19-20-12(3)22-23(18)19/h5-8,11,18H,4,9-10H2,1-3H3,(H,20,21,22)/t11-,18-/m1/s1. The molecule has 2 aliphatic rings. The van der Waals surface area contributed by atoms with Gasteiger partial charge >= 0.3 is 0 Å². The van der Waals surface area contributed by atoms with Gasteiger partial charge in [0.05, 0.1) is 6.61 Å². The fraction of sp³-hybridized carbons (Fsp3) is 0.421. The lowest BCUT2D eigenvalue weighted by molar-refractivity contribution is -0.117. The highest BCUT2D eigenvalue weighted by Gasteiger charge is 2.38. The zero-order chi connectivity index (χ0) is 17.6. The Morgan fingerprint density at radius 1 is 1.28 bits per heavy atom. The molecule has 6 nitrogen and oxygen atoms in total. The third-order valence-corrected chi connectivity index (χ3v) is 4.74. The number of nitrogens with one attached hydrogen (secondary N) is 1. The number of benzene rings is 1. The lowest BCUT2D eigenvalue weighted by Gasteiger charge is -2.34. The first-order valence-corrected chi connectivity index (χ1v) is 8.76. The van der Waals surface area contributed by atoms with Crippen LogP contribution >= 0.6 is 0 Å². The van der Waals surface area contributed by atoms with E-state index in [2.05, 4.69) is 22.3 Å². The van der Waals surface area contributed by atoms with Gasteiger partial charge in [-0.1, -0.05) is 19.1 Å². The van der Waals surface area contributed by atoms with Gasteiger partial charge in [-0.2, -0.15) is 10.1 Å². The van der Waals surface area contributed by atoms with E-state index in [1.165, 1.54) is 0 Å². The first-order chi connectivity index (χ1) is 12.1. The van der Waals surface area contributed by atoms with Crippen LogP contribution in [-0.2, 0) is 4.79 Å². The van der Waals surface area contributed by atoms with E-state index in [0.717, 1.165) is 29.0 Å². The number of carbonyl (C=O) groups is 1. The van der Waals surface area contributed by atoms with Crippen molar-refractivity contribution in [3.05, 3.63) is 46.9 Å². The molecule has 4 rings (SSSR count). The zero-order valence-corrected chi connectivity index (χ0v) is 14.7. The summed E-state index contributed by atoms with van der Waals surface area (Å²) in [6.07, 6.45) is 1.44. The summed E-state index contributed by atoms with van der Waals surface area (Å²) in [5, 5.41) is 7.87. The first kappa shape index (κ1) is 15.9. The second-order valence-electron chi connectivity index (χ2n) is 6.79. The number of Topliss-reactive ketones (excluding diaryl/α,β-unsaturated/α-hetero) is 1. The molecule has 0 saturated carbocycles. The summed E-state index contributed by atoms with van der Waals surface area (Å²) in [6, 6.07) is 7.68. The van der Waals surface area contributed by atoms with Gasteiger partial charge in [0.15, 0.2) is 5.78 Å². The number of rotatable bonds is 3. The van der Waals surface area contributed by atoms with Crippen molar-refractivity contribution in [2.75, 3.05) is 11.9 Å². The lowest BCUT2D eigenvalue weighted by Crippen LogP contribution is -2.33. The summed E-state index contributed by atoms with van der Waals surface area (Å²) >= 11 is 0. The van der Waals surface area contributed by atoms with Crippen LogP contribution in [0.5, 0.6) is 5.75 Å². The van der Waals surface area contributed by atoms with Crippen LogP contribution in [0.3, 0.4) is 0 Å². The van der Waals surface area contributed by atoms with Gasteiger partial charge in [0.2, 0.25) is 5.95 Å². The van der Waals surface area contributed by atoms with Crippen molar-refractivity contribution in [1.29, 1.82) is 0 Å². The molecule has 1 N–H and O–H groups in total. The van der Waals surface area contributed by atoms with E-state index in [4.69, 9.17) is 4.74 Å². The molecule has 25 heavy (non-hydrogen) atoms. The van der Waals surface area contributed by atoms with Crippen LogP contribution in [0.25, 0.3) is 0 Å². The number of nitrogens with zero attached hydrogens (tertiary/aromatic N) is 3. The number of hydrogen-bond acceptors (Lipinski definition) is 5. The van der Waals surface area contributed by atoms with Crippen molar-refractivity contribution < 1.29 is 9.53 Å². The molecule has 6 heteroatoms. The second kappa shape index (κ2) is 6.02. The molecule has 0 fully saturated rings.